The standard InChI is InChI=1S/C20H25ClFNO3/c1-15(16-7-9-17(21)10-8-16)26-14-18(24)13-23(2)11-12-25-20-6-4-3-5-19(20)22/h3-10,15,18,24H,11-14H2,1-2H3. The second-order valence-corrected chi connectivity index (χ2v) is 6.66. The number of hydrogen-bond acceptors (Lipinski definition) is 4. The van der Waals surface area contributed by atoms with E-state index >= 15 is 0 Å². The SMILES string of the molecule is CC(OCC(O)CN(C)CCOc1ccccc1F)c1ccc(Cl)cc1. The minimum Gasteiger partial charge on any atom is -0.489 e. The molecular weight excluding hydrogens is 357 g/mol. The molecule has 26 heavy (non-hydrogen) atoms. The van der Waals surface area contributed by atoms with E-state index < -0.39 is 6.10 Å². The second-order valence-electron chi connectivity index (χ2n) is 6.22. The zero-order valence-corrected chi connectivity index (χ0v) is 15.8. The summed E-state index contributed by atoms with van der Waals surface area (Å²) in [5, 5.41) is 10.8. The molecule has 0 aliphatic carbocycles. The molecule has 0 amide bonds. The van der Waals surface area contributed by atoms with Crippen LogP contribution in [0.15, 0.2) is 48.5 Å². The van der Waals surface area contributed by atoms with Crippen molar-refractivity contribution >= 4 is 11.6 Å². The number of aliphatic hydroxyl groups excluding tert-OH is 1. The van der Waals surface area contributed by atoms with E-state index in [-0.39, 0.29) is 24.3 Å². The van der Waals surface area contributed by atoms with Crippen LogP contribution < -0.4 is 4.74 Å². The van der Waals surface area contributed by atoms with Gasteiger partial charge < -0.3 is 19.5 Å². The number of para-hydroxylation sites is 1. The molecule has 2 aromatic rings. The Morgan fingerprint density at radius 3 is 2.54 bits per heavy atom. The van der Waals surface area contributed by atoms with Crippen LogP contribution in [0.1, 0.15) is 18.6 Å². The van der Waals surface area contributed by atoms with Crippen LogP contribution in [-0.2, 0) is 4.74 Å². The fraction of sp³-hybridized carbons (Fsp3) is 0.400. The molecule has 0 fully saturated rings. The van der Waals surface area contributed by atoms with Gasteiger partial charge in [0.25, 0.3) is 0 Å². The molecule has 0 aliphatic rings. The molecule has 2 rings (SSSR count). The monoisotopic (exact) mass is 381 g/mol. The van der Waals surface area contributed by atoms with Crippen LogP contribution in [0.25, 0.3) is 0 Å². The highest BCUT2D eigenvalue weighted by Gasteiger charge is 2.12. The summed E-state index contributed by atoms with van der Waals surface area (Å²) < 4.78 is 24.6. The number of nitrogens with zero attached hydrogens (tertiary/aromatic N) is 1. The molecule has 2 aromatic carbocycles. The minimum atomic E-state index is -0.622. The van der Waals surface area contributed by atoms with Gasteiger partial charge >= 0.3 is 0 Å². The first-order valence-corrected chi connectivity index (χ1v) is 8.94. The molecule has 4 nitrogen and oxygen atoms in total. The predicted octanol–water partition coefficient (Wildman–Crippen LogP) is 3.93. The maximum absolute atomic E-state index is 13.5. The molecule has 0 spiro atoms. The van der Waals surface area contributed by atoms with Gasteiger partial charge in [-0.25, -0.2) is 4.39 Å². The summed E-state index contributed by atoms with van der Waals surface area (Å²) in [5.41, 5.74) is 1.01. The maximum atomic E-state index is 13.5. The van der Waals surface area contributed by atoms with E-state index in [9.17, 15) is 9.50 Å². The lowest BCUT2D eigenvalue weighted by Gasteiger charge is -2.22. The molecule has 0 radical (unpaired) electrons. The maximum Gasteiger partial charge on any atom is 0.165 e. The van der Waals surface area contributed by atoms with Gasteiger partial charge in [-0.3, -0.25) is 0 Å². The average Bonchev–Trinajstić information content (AvgIpc) is 2.62. The van der Waals surface area contributed by atoms with Gasteiger partial charge in [-0.05, 0) is 43.8 Å². The number of benzene rings is 2. The van der Waals surface area contributed by atoms with E-state index in [2.05, 4.69) is 0 Å². The van der Waals surface area contributed by atoms with Crippen LogP contribution >= 0.6 is 11.6 Å². The second kappa shape index (κ2) is 10.5. The fourth-order valence-corrected chi connectivity index (χ4v) is 2.59. The van der Waals surface area contributed by atoms with Gasteiger partial charge in [0.1, 0.15) is 6.61 Å². The van der Waals surface area contributed by atoms with Crippen molar-refractivity contribution in [3.05, 3.63) is 64.9 Å². The molecular formula is C20H25ClFNO3. The molecule has 0 heterocycles. The van der Waals surface area contributed by atoms with Gasteiger partial charge in [0, 0.05) is 18.1 Å². The Morgan fingerprint density at radius 1 is 1.15 bits per heavy atom. The van der Waals surface area contributed by atoms with Crippen LogP contribution in [0.2, 0.25) is 5.02 Å². The zero-order valence-electron chi connectivity index (χ0n) is 15.1. The number of likely N-dealkylation sites (N-methyl/N-ethyl adjacent to an activating group) is 1. The lowest BCUT2D eigenvalue weighted by atomic mass is 10.1. The highest BCUT2D eigenvalue weighted by atomic mass is 35.5. The van der Waals surface area contributed by atoms with E-state index in [1.54, 1.807) is 18.2 Å². The molecule has 6 heteroatoms. The number of aliphatic hydroxyl groups is 1. The molecule has 0 saturated carbocycles. The summed E-state index contributed by atoms with van der Waals surface area (Å²) in [5.74, 6) is -0.138. The molecule has 1 N–H and O–H groups in total. The zero-order chi connectivity index (χ0) is 18.9. The van der Waals surface area contributed by atoms with Crippen LogP contribution in [0.3, 0.4) is 0 Å². The van der Waals surface area contributed by atoms with Gasteiger partial charge in [0.15, 0.2) is 11.6 Å². The fourth-order valence-electron chi connectivity index (χ4n) is 2.46. The van der Waals surface area contributed by atoms with Crippen LogP contribution in [0.4, 0.5) is 4.39 Å². The lowest BCUT2D eigenvalue weighted by Crippen LogP contribution is -2.35. The normalized spacial score (nSPS) is 13.6. The minimum absolute atomic E-state index is 0.128. The number of ether oxygens (including phenoxy) is 2. The van der Waals surface area contributed by atoms with Gasteiger partial charge in [0.05, 0.1) is 18.8 Å². The summed E-state index contributed by atoms with van der Waals surface area (Å²) in [7, 11) is 1.87. The molecule has 2 atom stereocenters. The third-order valence-corrected chi connectivity index (χ3v) is 4.22. The van der Waals surface area contributed by atoms with E-state index in [1.807, 2.05) is 43.1 Å². The van der Waals surface area contributed by atoms with E-state index in [4.69, 9.17) is 21.1 Å². The smallest absolute Gasteiger partial charge is 0.165 e. The van der Waals surface area contributed by atoms with E-state index in [0.717, 1.165) is 5.56 Å². The molecule has 0 aliphatic heterocycles. The van der Waals surface area contributed by atoms with Crippen molar-refractivity contribution in [1.82, 2.24) is 4.90 Å². The largest absolute Gasteiger partial charge is 0.489 e. The van der Waals surface area contributed by atoms with Crippen molar-refractivity contribution in [2.75, 3.05) is 33.4 Å². The van der Waals surface area contributed by atoms with Crippen molar-refractivity contribution in [3.8, 4) is 5.75 Å². The first-order valence-electron chi connectivity index (χ1n) is 8.56. The van der Waals surface area contributed by atoms with Crippen LogP contribution in [-0.4, -0.2) is 49.5 Å². The Labute approximate surface area is 159 Å². The van der Waals surface area contributed by atoms with Crippen LogP contribution in [0.5, 0.6) is 5.75 Å². The molecule has 0 aromatic heterocycles. The molecule has 142 valence electrons. The quantitative estimate of drug-likeness (QED) is 0.677. The van der Waals surface area contributed by atoms with Crippen LogP contribution in [0, 0.1) is 5.82 Å². The summed E-state index contributed by atoms with van der Waals surface area (Å²) in [6.07, 6.45) is -0.750. The van der Waals surface area contributed by atoms with Crippen molar-refractivity contribution in [2.45, 2.75) is 19.1 Å². The number of hydrogen-bond donors (Lipinski definition) is 1. The van der Waals surface area contributed by atoms with Gasteiger partial charge in [-0.1, -0.05) is 35.9 Å². The van der Waals surface area contributed by atoms with Gasteiger partial charge in [-0.2, -0.15) is 0 Å². The number of rotatable bonds is 10. The lowest BCUT2D eigenvalue weighted by molar-refractivity contribution is -0.0139. The average molecular weight is 382 g/mol. The Balaban J connectivity index is 1.66. The number of halogens is 2. The van der Waals surface area contributed by atoms with Gasteiger partial charge in [0.2, 0.25) is 0 Å². The first kappa shape index (κ1) is 20.6. The summed E-state index contributed by atoms with van der Waals surface area (Å²) in [6.45, 7) is 3.50. The third-order valence-electron chi connectivity index (χ3n) is 3.97. The van der Waals surface area contributed by atoms with Crippen molar-refractivity contribution in [2.24, 2.45) is 0 Å². The Morgan fingerprint density at radius 2 is 1.85 bits per heavy atom. The third kappa shape index (κ3) is 6.92. The topological polar surface area (TPSA) is 41.9 Å². The van der Waals surface area contributed by atoms with Gasteiger partial charge in [-0.15, -0.1) is 0 Å². The molecule has 0 bridgehead atoms. The van der Waals surface area contributed by atoms with Crippen molar-refractivity contribution in [1.29, 1.82) is 0 Å². The van der Waals surface area contributed by atoms with Crippen molar-refractivity contribution in [3.63, 3.8) is 0 Å². The summed E-state index contributed by atoms with van der Waals surface area (Å²) in [6, 6.07) is 13.8. The predicted molar refractivity (Wildman–Crippen MR) is 101 cm³/mol. The Kier molecular flexibility index (Phi) is 8.32. The Bertz CT molecular complexity index is 668. The Hall–Kier alpha value is -1.66. The van der Waals surface area contributed by atoms with E-state index in [1.165, 1.54) is 6.07 Å². The highest BCUT2D eigenvalue weighted by Crippen LogP contribution is 2.19. The summed E-state index contributed by atoms with van der Waals surface area (Å²) in [4.78, 5) is 1.92. The first-order chi connectivity index (χ1) is 12.5. The molecule has 2 unspecified atom stereocenters. The molecule has 0 saturated heterocycles. The summed E-state index contributed by atoms with van der Waals surface area (Å²) >= 11 is 5.87. The van der Waals surface area contributed by atoms with Crippen molar-refractivity contribution < 1.29 is 19.0 Å². The highest BCUT2D eigenvalue weighted by molar-refractivity contribution is 6.30. The van der Waals surface area contributed by atoms with E-state index in [0.29, 0.717) is 24.7 Å².